The van der Waals surface area contributed by atoms with Crippen molar-refractivity contribution in [2.75, 3.05) is 0 Å². The van der Waals surface area contributed by atoms with Crippen LogP contribution in [0.25, 0.3) is 0 Å². The highest BCUT2D eigenvalue weighted by Crippen LogP contribution is 2.28. The first kappa shape index (κ1) is 17.7. The Labute approximate surface area is 122 Å². The van der Waals surface area contributed by atoms with Gasteiger partial charge in [-0.05, 0) is 38.0 Å². The summed E-state index contributed by atoms with van der Waals surface area (Å²) in [6.45, 7) is 3.28. The molecule has 0 aromatic heterocycles. The van der Waals surface area contributed by atoms with Crippen LogP contribution in [0.5, 0.6) is 0 Å². The highest BCUT2D eigenvalue weighted by atomic mass is 19.3. The summed E-state index contributed by atoms with van der Waals surface area (Å²) in [5.41, 5.74) is 0. The number of carboxylic acids is 1. The number of rotatable bonds is 6. The monoisotopic (exact) mass is 308 g/mol. The molecule has 1 aliphatic carbocycles. The minimum absolute atomic E-state index is 0.247. The van der Waals surface area contributed by atoms with E-state index in [4.69, 9.17) is 9.84 Å². The standard InChI is InChI=1S/C14H22F2O5/c1-9(2)8-11(14(15,16)12(17)18)21-13(19)20-10-6-4-3-5-7-10/h9-11H,3-8H2,1-2H3,(H,17,18). The number of carbonyl (C=O) groups excluding carboxylic acids is 1. The van der Waals surface area contributed by atoms with Crippen molar-refractivity contribution in [3.8, 4) is 0 Å². The number of hydrogen-bond donors (Lipinski definition) is 1. The van der Waals surface area contributed by atoms with Gasteiger partial charge in [-0.25, -0.2) is 9.59 Å². The molecule has 0 heterocycles. The van der Waals surface area contributed by atoms with E-state index >= 15 is 0 Å². The second-order valence-electron chi connectivity index (χ2n) is 5.79. The van der Waals surface area contributed by atoms with E-state index in [1.807, 2.05) is 0 Å². The number of carbonyl (C=O) groups is 2. The maximum atomic E-state index is 13.6. The third-order valence-electron chi connectivity index (χ3n) is 3.43. The highest BCUT2D eigenvalue weighted by Gasteiger charge is 2.50. The summed E-state index contributed by atoms with van der Waals surface area (Å²) in [5, 5.41) is 8.58. The fourth-order valence-corrected chi connectivity index (χ4v) is 2.30. The average Bonchev–Trinajstić information content (AvgIpc) is 2.38. The third kappa shape index (κ3) is 5.47. The number of aliphatic carboxylic acids is 1. The third-order valence-corrected chi connectivity index (χ3v) is 3.43. The van der Waals surface area contributed by atoms with Gasteiger partial charge in [0.15, 0.2) is 6.10 Å². The van der Waals surface area contributed by atoms with E-state index in [9.17, 15) is 18.4 Å². The molecule has 0 spiro atoms. The summed E-state index contributed by atoms with van der Waals surface area (Å²) in [6, 6.07) is 0. The summed E-state index contributed by atoms with van der Waals surface area (Å²) in [5.74, 6) is -6.68. The lowest BCUT2D eigenvalue weighted by atomic mass is 9.98. The van der Waals surface area contributed by atoms with Crippen LogP contribution < -0.4 is 0 Å². The smallest absolute Gasteiger partial charge is 0.477 e. The molecule has 1 unspecified atom stereocenters. The fourth-order valence-electron chi connectivity index (χ4n) is 2.30. The molecule has 7 heteroatoms. The van der Waals surface area contributed by atoms with E-state index in [0.29, 0.717) is 12.8 Å². The van der Waals surface area contributed by atoms with Crippen LogP contribution in [0.2, 0.25) is 0 Å². The van der Waals surface area contributed by atoms with E-state index in [0.717, 1.165) is 19.3 Å². The van der Waals surface area contributed by atoms with Crippen molar-refractivity contribution < 1.29 is 33.0 Å². The summed E-state index contributed by atoms with van der Waals surface area (Å²) in [6.07, 6.45) is 0.431. The van der Waals surface area contributed by atoms with Crippen molar-refractivity contribution in [2.24, 2.45) is 5.92 Å². The van der Waals surface area contributed by atoms with Crippen molar-refractivity contribution >= 4 is 12.1 Å². The molecule has 0 radical (unpaired) electrons. The molecule has 0 aromatic rings. The summed E-state index contributed by atoms with van der Waals surface area (Å²) >= 11 is 0. The van der Waals surface area contributed by atoms with Gasteiger partial charge in [0.25, 0.3) is 0 Å². The Kier molecular flexibility index (Phi) is 6.36. The first-order valence-corrected chi connectivity index (χ1v) is 7.22. The highest BCUT2D eigenvalue weighted by molar-refractivity contribution is 5.76. The first-order chi connectivity index (χ1) is 9.73. The fraction of sp³-hybridized carbons (Fsp3) is 0.857. The van der Waals surface area contributed by atoms with E-state index in [2.05, 4.69) is 4.74 Å². The number of carboxylic acid groups (broad SMARTS) is 1. The predicted octanol–water partition coefficient (Wildman–Crippen LogP) is 3.61. The normalized spacial score (nSPS) is 18.3. The minimum atomic E-state index is -4.13. The minimum Gasteiger partial charge on any atom is -0.477 e. The SMILES string of the molecule is CC(C)CC(OC(=O)OC1CCCCC1)C(F)(F)C(=O)O. The van der Waals surface area contributed by atoms with Crippen LogP contribution in [0.3, 0.4) is 0 Å². The van der Waals surface area contributed by atoms with Gasteiger partial charge in [-0.15, -0.1) is 0 Å². The number of alkyl halides is 2. The van der Waals surface area contributed by atoms with Crippen molar-refractivity contribution in [3.63, 3.8) is 0 Å². The molecule has 5 nitrogen and oxygen atoms in total. The lowest BCUT2D eigenvalue weighted by Gasteiger charge is -2.26. The first-order valence-electron chi connectivity index (χ1n) is 7.22. The van der Waals surface area contributed by atoms with Gasteiger partial charge in [0.1, 0.15) is 6.10 Å². The quantitative estimate of drug-likeness (QED) is 0.759. The van der Waals surface area contributed by atoms with Crippen LogP contribution in [-0.2, 0) is 14.3 Å². The summed E-state index contributed by atoms with van der Waals surface area (Å²) in [4.78, 5) is 22.2. The van der Waals surface area contributed by atoms with E-state index in [1.54, 1.807) is 13.8 Å². The molecule has 1 rings (SSSR count). The van der Waals surface area contributed by atoms with Crippen LogP contribution in [0.15, 0.2) is 0 Å². The summed E-state index contributed by atoms with van der Waals surface area (Å²) in [7, 11) is 0. The van der Waals surface area contributed by atoms with Gasteiger partial charge in [0, 0.05) is 0 Å². The van der Waals surface area contributed by atoms with Crippen LogP contribution >= 0.6 is 0 Å². The molecule has 1 N–H and O–H groups in total. The van der Waals surface area contributed by atoms with Gasteiger partial charge in [0.2, 0.25) is 0 Å². The maximum Gasteiger partial charge on any atom is 0.509 e. The second kappa shape index (κ2) is 7.56. The molecular formula is C14H22F2O5. The van der Waals surface area contributed by atoms with E-state index in [1.165, 1.54) is 0 Å². The Morgan fingerprint density at radius 1 is 1.24 bits per heavy atom. The Morgan fingerprint density at radius 3 is 2.29 bits per heavy atom. The molecule has 1 saturated carbocycles. The molecular weight excluding hydrogens is 286 g/mol. The van der Waals surface area contributed by atoms with Gasteiger partial charge in [-0.2, -0.15) is 8.78 Å². The zero-order valence-corrected chi connectivity index (χ0v) is 12.3. The maximum absolute atomic E-state index is 13.6. The molecule has 0 bridgehead atoms. The molecule has 0 amide bonds. The van der Waals surface area contributed by atoms with Gasteiger partial charge in [-0.1, -0.05) is 20.3 Å². The van der Waals surface area contributed by atoms with Gasteiger partial charge >= 0.3 is 18.0 Å². The largest absolute Gasteiger partial charge is 0.509 e. The molecule has 0 saturated heterocycles. The number of hydrogen-bond acceptors (Lipinski definition) is 4. The van der Waals surface area contributed by atoms with Gasteiger partial charge < -0.3 is 14.6 Å². The Morgan fingerprint density at radius 2 is 1.81 bits per heavy atom. The van der Waals surface area contributed by atoms with Crippen molar-refractivity contribution in [2.45, 2.75) is 70.5 Å². The molecule has 122 valence electrons. The lowest BCUT2D eigenvalue weighted by molar-refractivity contribution is -0.186. The molecule has 21 heavy (non-hydrogen) atoms. The number of ether oxygens (including phenoxy) is 2. The van der Waals surface area contributed by atoms with Crippen molar-refractivity contribution in [1.29, 1.82) is 0 Å². The zero-order chi connectivity index (χ0) is 16.0. The topological polar surface area (TPSA) is 72.8 Å². The molecule has 1 aliphatic rings. The Balaban J connectivity index is 2.62. The molecule has 1 atom stereocenters. The second-order valence-corrected chi connectivity index (χ2v) is 5.79. The van der Waals surface area contributed by atoms with Crippen molar-refractivity contribution in [1.82, 2.24) is 0 Å². The molecule has 0 aromatic carbocycles. The van der Waals surface area contributed by atoms with Gasteiger partial charge in [-0.3, -0.25) is 0 Å². The van der Waals surface area contributed by atoms with Crippen LogP contribution in [0, 0.1) is 5.92 Å². The predicted molar refractivity (Wildman–Crippen MR) is 70.3 cm³/mol. The number of halogens is 2. The Bertz CT molecular complexity index is 364. The molecule has 1 fully saturated rings. The summed E-state index contributed by atoms with van der Waals surface area (Å²) < 4.78 is 36.7. The van der Waals surface area contributed by atoms with Crippen LogP contribution in [0.4, 0.5) is 13.6 Å². The average molecular weight is 308 g/mol. The lowest BCUT2D eigenvalue weighted by Crippen LogP contribution is -2.45. The zero-order valence-electron chi connectivity index (χ0n) is 12.3. The van der Waals surface area contributed by atoms with Crippen LogP contribution in [0.1, 0.15) is 52.4 Å². The Hall–Kier alpha value is -1.40. The van der Waals surface area contributed by atoms with Crippen LogP contribution in [-0.4, -0.2) is 35.4 Å². The van der Waals surface area contributed by atoms with E-state index < -0.39 is 24.2 Å². The van der Waals surface area contributed by atoms with Gasteiger partial charge in [0.05, 0.1) is 0 Å². The molecule has 0 aliphatic heterocycles. The van der Waals surface area contributed by atoms with Crippen molar-refractivity contribution in [3.05, 3.63) is 0 Å². The van der Waals surface area contributed by atoms with E-state index in [-0.39, 0.29) is 18.4 Å².